The lowest BCUT2D eigenvalue weighted by atomic mass is 9.99. The maximum atomic E-state index is 11.4. The normalized spacial score (nSPS) is 14.3. The largest absolute Gasteiger partial charge is 0.494 e. The number of anilines is 4. The summed E-state index contributed by atoms with van der Waals surface area (Å²) in [7, 11) is 0. The minimum absolute atomic E-state index is 0.208. The molecular weight excluding hydrogens is 1130 g/mol. The average Bonchev–Trinajstić information content (AvgIpc) is 0.778. The summed E-state index contributed by atoms with van der Waals surface area (Å²) in [4.78, 5) is 22.7. The first-order chi connectivity index (χ1) is 43.7. The standard InChI is InChI=1S/C41H50N4O5.C33H42N4O3/c1-5-47-32-21-23-34(24-22-32)50-29-41(4)42-37-16-14-15-35-36(25-26-38(43-41)39(35)37)45-44-31-17-19-33(20-18-31)48-27-12-10-8-6-7-9-11-13-28-49-40(46)30(2)3;1-24(2)32(38)40-23-12-10-8-6-5-7-9-11-22-39-26-18-16-25(17-19-26)36-37-28-20-21-30-31-27(28)14-13-15-29(31)34-33(3,4)35-30/h14-26,42-43H,2,5-13,27-29H2,1,3-4H3;13-21,34-35H,1,5-12,22-23H2,2-4H3. The first-order valence-electron chi connectivity index (χ1n) is 32.2. The number of ether oxygens (including phenoxy) is 6. The molecule has 0 fully saturated rings. The van der Waals surface area contributed by atoms with E-state index in [2.05, 4.69) is 118 Å². The van der Waals surface area contributed by atoms with Crippen LogP contribution >= 0.6 is 0 Å². The number of carbonyl (C=O) groups excluding carboxylic acids is 2. The third-order valence-corrected chi connectivity index (χ3v) is 15.4. The Morgan fingerprint density at radius 3 is 1.16 bits per heavy atom. The summed E-state index contributed by atoms with van der Waals surface area (Å²) in [6, 6.07) is 43.8. The van der Waals surface area contributed by atoms with Gasteiger partial charge in [-0.3, -0.25) is 0 Å². The van der Waals surface area contributed by atoms with Gasteiger partial charge in [0.2, 0.25) is 0 Å². The first kappa shape index (κ1) is 67.0. The topological polar surface area (TPSA) is 187 Å². The van der Waals surface area contributed by atoms with Crippen LogP contribution in [-0.2, 0) is 19.1 Å². The zero-order valence-electron chi connectivity index (χ0n) is 53.7. The van der Waals surface area contributed by atoms with Gasteiger partial charge in [-0.05, 0) is 176 Å². The molecule has 9 rings (SSSR count). The van der Waals surface area contributed by atoms with Crippen molar-refractivity contribution in [3.63, 3.8) is 0 Å². The Morgan fingerprint density at radius 2 is 0.744 bits per heavy atom. The number of rotatable bonds is 35. The van der Waals surface area contributed by atoms with Gasteiger partial charge in [0, 0.05) is 55.4 Å². The summed E-state index contributed by atoms with van der Waals surface area (Å²) in [6.07, 6.45) is 18.1. The van der Waals surface area contributed by atoms with Gasteiger partial charge >= 0.3 is 11.9 Å². The van der Waals surface area contributed by atoms with Gasteiger partial charge in [0.15, 0.2) is 0 Å². The molecule has 16 heteroatoms. The summed E-state index contributed by atoms with van der Waals surface area (Å²) in [6.45, 7) is 22.3. The Hall–Kier alpha value is -8.92. The van der Waals surface area contributed by atoms with E-state index in [0.29, 0.717) is 50.8 Å². The Balaban J connectivity index is 0.000000238. The third kappa shape index (κ3) is 20.8. The van der Waals surface area contributed by atoms with Crippen molar-refractivity contribution in [3.8, 4) is 23.0 Å². The fourth-order valence-electron chi connectivity index (χ4n) is 10.7. The SMILES string of the molecule is C=C(C)C(=O)OCCCCCCCCCCOc1ccc(N=Nc2ccc3c4c(cccc24)NC(C)(C)N3)cc1.C=C(C)C(=O)OCCCCCCCCCCOc1ccc(N=Nc2ccc3c4c(cccc24)NC(C)(COc2ccc(OCC)cc2)N3)cc1. The monoisotopic (exact) mass is 1220 g/mol. The maximum Gasteiger partial charge on any atom is 0.333 e. The van der Waals surface area contributed by atoms with E-state index in [-0.39, 0.29) is 17.6 Å². The van der Waals surface area contributed by atoms with E-state index in [9.17, 15) is 9.59 Å². The van der Waals surface area contributed by atoms with Crippen LogP contribution in [0.15, 0.2) is 178 Å². The minimum Gasteiger partial charge on any atom is -0.494 e. The van der Waals surface area contributed by atoms with Gasteiger partial charge in [-0.25, -0.2) is 9.59 Å². The molecule has 16 nitrogen and oxygen atoms in total. The molecule has 0 radical (unpaired) electrons. The predicted molar refractivity (Wildman–Crippen MR) is 366 cm³/mol. The van der Waals surface area contributed by atoms with Crippen LogP contribution in [0.1, 0.15) is 144 Å². The Bertz CT molecular complexity index is 3500. The second kappa shape index (κ2) is 34.2. The quantitative estimate of drug-likeness (QED) is 0.0128. The summed E-state index contributed by atoms with van der Waals surface area (Å²) < 4.78 is 33.8. The van der Waals surface area contributed by atoms with Crippen LogP contribution in [0.3, 0.4) is 0 Å². The molecule has 0 bridgehead atoms. The van der Waals surface area contributed by atoms with Crippen molar-refractivity contribution in [1.29, 1.82) is 0 Å². The second-order valence-corrected chi connectivity index (χ2v) is 23.9. The van der Waals surface area contributed by atoms with Crippen LogP contribution in [0.5, 0.6) is 23.0 Å². The highest BCUT2D eigenvalue weighted by Crippen LogP contribution is 2.44. The molecule has 0 saturated heterocycles. The highest BCUT2D eigenvalue weighted by molar-refractivity contribution is 6.10. The highest BCUT2D eigenvalue weighted by atomic mass is 16.5. The third-order valence-electron chi connectivity index (χ3n) is 15.4. The molecule has 4 N–H and O–H groups in total. The van der Waals surface area contributed by atoms with Gasteiger partial charge in [0.1, 0.15) is 40.9 Å². The zero-order valence-corrected chi connectivity index (χ0v) is 53.7. The van der Waals surface area contributed by atoms with E-state index in [4.69, 9.17) is 28.4 Å². The van der Waals surface area contributed by atoms with Crippen molar-refractivity contribution in [1.82, 2.24) is 0 Å². The molecule has 0 spiro atoms. The number of carbonyl (C=O) groups is 2. The smallest absolute Gasteiger partial charge is 0.333 e. The lowest BCUT2D eigenvalue weighted by Gasteiger charge is -2.38. The van der Waals surface area contributed by atoms with Crippen molar-refractivity contribution in [2.45, 2.75) is 156 Å². The molecule has 1 unspecified atom stereocenters. The number of esters is 2. The Kier molecular flexibility index (Phi) is 25.4. The minimum atomic E-state index is -0.515. The van der Waals surface area contributed by atoms with Crippen molar-refractivity contribution in [2.24, 2.45) is 20.5 Å². The average molecular weight is 1220 g/mol. The number of nitrogens with zero attached hydrogens (tertiary/aromatic N) is 4. The molecule has 0 aromatic heterocycles. The fourth-order valence-corrected chi connectivity index (χ4v) is 10.7. The maximum absolute atomic E-state index is 11.4. The van der Waals surface area contributed by atoms with Crippen molar-refractivity contribution in [2.75, 3.05) is 60.9 Å². The van der Waals surface area contributed by atoms with Gasteiger partial charge in [-0.15, -0.1) is 10.2 Å². The molecule has 0 aliphatic carbocycles. The molecule has 2 aliphatic heterocycles. The molecule has 2 heterocycles. The van der Waals surface area contributed by atoms with E-state index in [0.717, 1.165) is 135 Å². The molecule has 90 heavy (non-hydrogen) atoms. The first-order valence-corrected chi connectivity index (χ1v) is 32.2. The number of nitrogens with one attached hydrogen (secondary N) is 4. The second-order valence-electron chi connectivity index (χ2n) is 23.9. The molecule has 7 aromatic rings. The van der Waals surface area contributed by atoms with E-state index in [1.54, 1.807) is 13.8 Å². The summed E-state index contributed by atoms with van der Waals surface area (Å²) in [5.41, 5.74) is 7.63. The van der Waals surface area contributed by atoms with Crippen molar-refractivity contribution in [3.05, 3.63) is 158 Å². The molecule has 1 atom stereocenters. The number of azo groups is 2. The fraction of sp³-hybridized carbons (Fsp3) is 0.405. The van der Waals surface area contributed by atoms with Crippen LogP contribution in [0.25, 0.3) is 21.5 Å². The number of hydrogen-bond acceptors (Lipinski definition) is 16. The lowest BCUT2D eigenvalue weighted by molar-refractivity contribution is -0.139. The summed E-state index contributed by atoms with van der Waals surface area (Å²) in [5, 5.41) is 36.8. The van der Waals surface area contributed by atoms with Gasteiger partial charge in [-0.2, -0.15) is 10.2 Å². The molecule has 7 aromatic carbocycles. The summed E-state index contributed by atoms with van der Waals surface area (Å²) in [5.74, 6) is 2.72. The number of unbranched alkanes of at least 4 members (excludes halogenated alkanes) is 14. The molecular formula is C74H92N8O8. The van der Waals surface area contributed by atoms with Crippen LogP contribution < -0.4 is 40.2 Å². The number of benzene rings is 7. The van der Waals surface area contributed by atoms with Crippen molar-refractivity contribution < 1.29 is 38.0 Å². The van der Waals surface area contributed by atoms with E-state index in [1.165, 1.54) is 57.8 Å². The molecule has 476 valence electrons. The number of hydrogen-bond donors (Lipinski definition) is 4. The van der Waals surface area contributed by atoms with Crippen LogP contribution in [0, 0.1) is 0 Å². The molecule has 0 amide bonds. The Morgan fingerprint density at radius 1 is 0.400 bits per heavy atom. The highest BCUT2D eigenvalue weighted by Gasteiger charge is 2.31. The van der Waals surface area contributed by atoms with Gasteiger partial charge < -0.3 is 49.7 Å². The van der Waals surface area contributed by atoms with Crippen LogP contribution in [0.4, 0.5) is 45.5 Å². The predicted octanol–water partition coefficient (Wildman–Crippen LogP) is 20.4. The van der Waals surface area contributed by atoms with Gasteiger partial charge in [0.25, 0.3) is 0 Å². The molecule has 0 saturated carbocycles. The Labute approximate surface area is 532 Å². The van der Waals surface area contributed by atoms with Crippen LogP contribution in [-0.4, -0.2) is 62.9 Å². The lowest BCUT2D eigenvalue weighted by Crippen LogP contribution is -2.50. The zero-order chi connectivity index (χ0) is 63.6. The van der Waals surface area contributed by atoms with E-state index in [1.807, 2.05) is 97.9 Å². The van der Waals surface area contributed by atoms with E-state index < -0.39 is 5.66 Å². The van der Waals surface area contributed by atoms with E-state index >= 15 is 0 Å². The van der Waals surface area contributed by atoms with Gasteiger partial charge in [0.05, 0.1) is 55.8 Å². The summed E-state index contributed by atoms with van der Waals surface area (Å²) >= 11 is 0. The molecule has 2 aliphatic rings. The van der Waals surface area contributed by atoms with Crippen LogP contribution in [0.2, 0.25) is 0 Å². The van der Waals surface area contributed by atoms with Crippen molar-refractivity contribution >= 4 is 79.0 Å². The van der Waals surface area contributed by atoms with Gasteiger partial charge in [-0.1, -0.05) is 114 Å².